The Kier molecular flexibility index (Phi) is 4.81. The number of benzene rings is 2. The third kappa shape index (κ3) is 3.69. The number of rotatable bonds is 4. The van der Waals surface area contributed by atoms with Crippen LogP contribution in [-0.4, -0.2) is 29.1 Å². The van der Waals surface area contributed by atoms with Crippen molar-refractivity contribution in [3.63, 3.8) is 0 Å². The lowest BCUT2D eigenvalue weighted by Crippen LogP contribution is -2.58. The molecule has 130 valence electrons. The van der Waals surface area contributed by atoms with Gasteiger partial charge in [-0.1, -0.05) is 29.8 Å². The van der Waals surface area contributed by atoms with Crippen molar-refractivity contribution in [1.82, 2.24) is 10.4 Å². The van der Waals surface area contributed by atoms with Gasteiger partial charge in [0, 0.05) is 10.7 Å². The van der Waals surface area contributed by atoms with Gasteiger partial charge in [0.15, 0.2) is 6.10 Å². The van der Waals surface area contributed by atoms with E-state index in [1.807, 2.05) is 18.2 Å². The van der Waals surface area contributed by atoms with Gasteiger partial charge in [-0.3, -0.25) is 15.0 Å². The molecule has 1 aliphatic heterocycles. The molecule has 0 radical (unpaired) electrons. The molecule has 1 aliphatic rings. The summed E-state index contributed by atoms with van der Waals surface area (Å²) in [4.78, 5) is 25.1. The van der Waals surface area contributed by atoms with Crippen LogP contribution in [0.1, 0.15) is 24.2 Å². The number of hydrazine groups is 1. The monoisotopic (exact) mass is 359 g/mol. The third-order valence-electron chi connectivity index (χ3n) is 3.84. The van der Waals surface area contributed by atoms with E-state index in [-0.39, 0.29) is 5.91 Å². The maximum Gasteiger partial charge on any atom is 0.279 e. The molecule has 7 heteroatoms. The first-order valence-electron chi connectivity index (χ1n) is 7.87. The summed E-state index contributed by atoms with van der Waals surface area (Å²) in [6, 6.07) is 14.0. The Bertz CT molecular complexity index is 797. The van der Waals surface area contributed by atoms with Crippen LogP contribution in [0.2, 0.25) is 5.02 Å². The van der Waals surface area contributed by atoms with Gasteiger partial charge in [0.25, 0.3) is 11.8 Å². The van der Waals surface area contributed by atoms with E-state index >= 15 is 0 Å². The maximum absolute atomic E-state index is 12.7. The number of fused-ring (bicyclic) bond motifs is 1. The zero-order valence-corrected chi connectivity index (χ0v) is 14.6. The lowest BCUT2D eigenvalue weighted by Gasteiger charge is -2.36. The summed E-state index contributed by atoms with van der Waals surface area (Å²) in [7, 11) is 0. The lowest BCUT2D eigenvalue weighted by molar-refractivity contribution is -0.131. The minimum atomic E-state index is -0.761. The second kappa shape index (κ2) is 7.03. The van der Waals surface area contributed by atoms with Gasteiger partial charge in [0.05, 0.1) is 5.56 Å². The molecule has 0 bridgehead atoms. The van der Waals surface area contributed by atoms with Crippen LogP contribution in [0.3, 0.4) is 0 Å². The van der Waals surface area contributed by atoms with Crippen molar-refractivity contribution >= 4 is 29.1 Å². The van der Waals surface area contributed by atoms with Gasteiger partial charge in [-0.05, 0) is 44.2 Å². The van der Waals surface area contributed by atoms with E-state index in [0.29, 0.717) is 22.0 Å². The van der Waals surface area contributed by atoms with Gasteiger partial charge in [-0.2, -0.15) is 0 Å². The first-order valence-corrected chi connectivity index (χ1v) is 8.25. The first kappa shape index (κ1) is 17.1. The average molecular weight is 360 g/mol. The number of anilines is 1. The molecule has 1 heterocycles. The van der Waals surface area contributed by atoms with Gasteiger partial charge in [0.1, 0.15) is 11.9 Å². The van der Waals surface area contributed by atoms with Gasteiger partial charge in [-0.25, -0.2) is 5.01 Å². The summed E-state index contributed by atoms with van der Waals surface area (Å²) in [5.74, 6) is -0.168. The maximum atomic E-state index is 12.7. The van der Waals surface area contributed by atoms with Crippen molar-refractivity contribution in [3.05, 3.63) is 59.1 Å². The Hall–Kier alpha value is -2.73. The number of halogens is 1. The number of para-hydroxylation sites is 1. The quantitative estimate of drug-likeness (QED) is 0.880. The van der Waals surface area contributed by atoms with Gasteiger partial charge < -0.3 is 10.1 Å². The predicted molar refractivity (Wildman–Crippen MR) is 95.4 cm³/mol. The van der Waals surface area contributed by atoms with Crippen LogP contribution in [0.25, 0.3) is 0 Å². The van der Waals surface area contributed by atoms with Crippen molar-refractivity contribution in [2.75, 3.05) is 5.32 Å². The van der Waals surface area contributed by atoms with E-state index in [4.69, 9.17) is 16.3 Å². The molecule has 6 nitrogen and oxygen atoms in total. The topological polar surface area (TPSA) is 70.7 Å². The molecule has 0 saturated carbocycles. The fourth-order valence-electron chi connectivity index (χ4n) is 2.53. The van der Waals surface area contributed by atoms with Gasteiger partial charge in [0.2, 0.25) is 0 Å². The highest BCUT2D eigenvalue weighted by molar-refractivity contribution is 6.31. The minimum absolute atomic E-state index is 0.330. The summed E-state index contributed by atoms with van der Waals surface area (Å²) < 4.78 is 5.59. The van der Waals surface area contributed by atoms with E-state index in [1.54, 1.807) is 44.2 Å². The summed E-state index contributed by atoms with van der Waals surface area (Å²) in [6.45, 7) is 3.40. The van der Waals surface area contributed by atoms with Gasteiger partial charge in [-0.15, -0.1) is 0 Å². The summed E-state index contributed by atoms with van der Waals surface area (Å²) in [5.41, 5.74) is 3.70. The number of carbonyl (C=O) groups excluding carboxylic acids is 2. The number of ether oxygens (including phenoxy) is 1. The van der Waals surface area contributed by atoms with Crippen molar-refractivity contribution in [2.24, 2.45) is 0 Å². The van der Waals surface area contributed by atoms with E-state index in [9.17, 15) is 9.59 Å². The summed E-state index contributed by atoms with van der Waals surface area (Å²) in [6.07, 6.45) is -1.17. The molecular formula is C18H18ClN3O3. The van der Waals surface area contributed by atoms with Crippen LogP contribution in [0.4, 0.5) is 5.69 Å². The first-order chi connectivity index (χ1) is 12.0. The fourth-order valence-corrected chi connectivity index (χ4v) is 2.70. The molecule has 3 rings (SSSR count). The van der Waals surface area contributed by atoms with Crippen molar-refractivity contribution in [2.45, 2.75) is 26.1 Å². The molecule has 25 heavy (non-hydrogen) atoms. The van der Waals surface area contributed by atoms with Crippen molar-refractivity contribution in [3.8, 4) is 5.75 Å². The predicted octanol–water partition coefficient (Wildman–Crippen LogP) is 3.05. The Labute approximate surface area is 150 Å². The SMILES string of the molecule is CC(Oc1ccccc1)C(=O)NN1C(=O)c2cc(Cl)ccc2NC1C. The molecule has 2 aromatic rings. The van der Waals surface area contributed by atoms with E-state index in [0.717, 1.165) is 0 Å². The minimum Gasteiger partial charge on any atom is -0.481 e. The van der Waals surface area contributed by atoms with Crippen LogP contribution in [-0.2, 0) is 4.79 Å². The third-order valence-corrected chi connectivity index (χ3v) is 4.07. The van der Waals surface area contributed by atoms with Crippen molar-refractivity contribution < 1.29 is 14.3 Å². The molecule has 0 aromatic heterocycles. The van der Waals surface area contributed by atoms with Crippen LogP contribution in [0.15, 0.2) is 48.5 Å². The standard InChI is InChI=1S/C18H18ClN3O3/c1-11(25-14-6-4-3-5-7-14)17(23)21-22-12(2)20-16-9-8-13(19)10-15(16)18(22)24/h3-12,20H,1-2H3,(H,21,23). The van der Waals surface area contributed by atoms with Crippen LogP contribution < -0.4 is 15.5 Å². The molecule has 0 saturated heterocycles. The second-order valence-electron chi connectivity index (χ2n) is 5.73. The van der Waals surface area contributed by atoms with Gasteiger partial charge >= 0.3 is 0 Å². The molecule has 2 N–H and O–H groups in total. The van der Waals surface area contributed by atoms with Crippen LogP contribution in [0.5, 0.6) is 5.75 Å². The number of carbonyl (C=O) groups is 2. The Balaban J connectivity index is 1.71. The molecule has 2 unspecified atom stereocenters. The Morgan fingerprint density at radius 1 is 1.28 bits per heavy atom. The van der Waals surface area contributed by atoms with E-state index in [2.05, 4.69) is 10.7 Å². The zero-order chi connectivity index (χ0) is 18.0. The van der Waals surface area contributed by atoms with Crippen LogP contribution in [0, 0.1) is 0 Å². The zero-order valence-electron chi connectivity index (χ0n) is 13.8. The number of hydrogen-bond acceptors (Lipinski definition) is 4. The largest absolute Gasteiger partial charge is 0.481 e. The Morgan fingerprint density at radius 3 is 2.72 bits per heavy atom. The normalized spacial score (nSPS) is 17.3. The van der Waals surface area contributed by atoms with E-state index < -0.39 is 18.2 Å². The fraction of sp³-hybridized carbons (Fsp3) is 0.222. The highest BCUT2D eigenvalue weighted by Crippen LogP contribution is 2.27. The number of amides is 2. The Morgan fingerprint density at radius 2 is 2.00 bits per heavy atom. The number of nitrogens with one attached hydrogen (secondary N) is 2. The van der Waals surface area contributed by atoms with E-state index in [1.165, 1.54) is 5.01 Å². The highest BCUT2D eigenvalue weighted by Gasteiger charge is 2.32. The smallest absolute Gasteiger partial charge is 0.279 e. The molecule has 2 aromatic carbocycles. The molecular weight excluding hydrogens is 342 g/mol. The van der Waals surface area contributed by atoms with Crippen LogP contribution >= 0.6 is 11.6 Å². The molecule has 0 spiro atoms. The lowest BCUT2D eigenvalue weighted by atomic mass is 10.1. The number of nitrogens with zero attached hydrogens (tertiary/aromatic N) is 1. The second-order valence-corrected chi connectivity index (χ2v) is 6.17. The summed E-state index contributed by atoms with van der Waals surface area (Å²) in [5, 5.41) is 4.85. The average Bonchev–Trinajstić information content (AvgIpc) is 2.60. The number of hydrogen-bond donors (Lipinski definition) is 2. The molecule has 2 amide bonds. The highest BCUT2D eigenvalue weighted by atomic mass is 35.5. The van der Waals surface area contributed by atoms with Crippen molar-refractivity contribution in [1.29, 1.82) is 0 Å². The molecule has 2 atom stereocenters. The summed E-state index contributed by atoms with van der Waals surface area (Å²) >= 11 is 5.97. The molecule has 0 aliphatic carbocycles. The molecule has 0 fully saturated rings.